The van der Waals surface area contributed by atoms with E-state index in [0.717, 1.165) is 38.3 Å². The summed E-state index contributed by atoms with van der Waals surface area (Å²) in [5.41, 5.74) is 0.837. The molecule has 0 bridgehead atoms. The second-order valence-corrected chi connectivity index (χ2v) is 10.8. The van der Waals surface area contributed by atoms with E-state index in [1.54, 1.807) is 42.5 Å². The van der Waals surface area contributed by atoms with Crippen LogP contribution in [-0.4, -0.2) is 34.1 Å². The molecule has 1 saturated heterocycles. The number of piperidine rings is 1. The van der Waals surface area contributed by atoms with E-state index in [4.69, 9.17) is 9.47 Å². The monoisotopic (exact) mass is 502 g/mol. The fraction of sp³-hybridized carbons (Fsp3) is 0.519. The third-order valence-electron chi connectivity index (χ3n) is 6.13. The van der Waals surface area contributed by atoms with Gasteiger partial charge >= 0.3 is 5.97 Å². The maximum absolute atomic E-state index is 13.0. The highest BCUT2D eigenvalue weighted by atomic mass is 32.2. The van der Waals surface area contributed by atoms with Crippen LogP contribution in [0.25, 0.3) is 0 Å². The van der Waals surface area contributed by atoms with E-state index in [1.807, 2.05) is 13.0 Å². The maximum atomic E-state index is 13.0. The highest BCUT2D eigenvalue weighted by Crippen LogP contribution is 2.36. The van der Waals surface area contributed by atoms with Gasteiger partial charge in [0.25, 0.3) is 0 Å². The lowest BCUT2D eigenvalue weighted by molar-refractivity contribution is -0.134. The predicted molar refractivity (Wildman–Crippen MR) is 139 cm³/mol. The number of nitrogens with one attached hydrogen (secondary N) is 2. The van der Waals surface area contributed by atoms with Crippen molar-refractivity contribution >= 4 is 21.7 Å². The van der Waals surface area contributed by atoms with Crippen LogP contribution < -0.4 is 19.5 Å². The molecule has 0 aliphatic carbocycles. The largest absolute Gasteiger partial charge is 0.491 e. The Morgan fingerprint density at radius 1 is 1.00 bits per heavy atom. The third kappa shape index (κ3) is 9.53. The normalized spacial score (nSPS) is 14.4. The number of carbonyl (C=O) groups excluding carboxylic acids is 1. The fourth-order valence-electron chi connectivity index (χ4n) is 4.18. The first-order valence-electron chi connectivity index (χ1n) is 12.7. The van der Waals surface area contributed by atoms with Crippen molar-refractivity contribution in [1.29, 1.82) is 0 Å². The lowest BCUT2D eigenvalue weighted by atomic mass is 9.93. The van der Waals surface area contributed by atoms with Gasteiger partial charge in [-0.15, -0.1) is 0 Å². The number of para-hydroxylation sites is 1. The molecular formula is C27H38N2O5S. The van der Waals surface area contributed by atoms with Crippen LogP contribution in [-0.2, 0) is 20.6 Å². The highest BCUT2D eigenvalue weighted by molar-refractivity contribution is 7.91. The van der Waals surface area contributed by atoms with Crippen LogP contribution in [0.5, 0.6) is 11.5 Å². The van der Waals surface area contributed by atoms with Gasteiger partial charge in [-0.3, -0.25) is 9.52 Å². The van der Waals surface area contributed by atoms with Crippen molar-refractivity contribution in [2.45, 2.75) is 64.0 Å². The van der Waals surface area contributed by atoms with Crippen molar-refractivity contribution < 1.29 is 22.7 Å². The molecule has 1 fully saturated rings. The summed E-state index contributed by atoms with van der Waals surface area (Å²) in [5.74, 6) is 0.706. The second kappa shape index (κ2) is 14.1. The van der Waals surface area contributed by atoms with Crippen LogP contribution in [0.4, 0.5) is 5.69 Å². The van der Waals surface area contributed by atoms with Crippen molar-refractivity contribution in [1.82, 2.24) is 5.32 Å². The molecule has 0 saturated carbocycles. The number of anilines is 1. The molecule has 192 valence electrons. The van der Waals surface area contributed by atoms with Gasteiger partial charge in [0.1, 0.15) is 11.4 Å². The van der Waals surface area contributed by atoms with E-state index in [2.05, 4.69) is 10.0 Å². The molecule has 0 spiro atoms. The van der Waals surface area contributed by atoms with Crippen molar-refractivity contribution in [2.75, 3.05) is 24.4 Å². The fourth-order valence-corrected chi connectivity index (χ4v) is 5.40. The first-order chi connectivity index (χ1) is 17.0. The summed E-state index contributed by atoms with van der Waals surface area (Å²) in [6.07, 6.45) is 7.41. The van der Waals surface area contributed by atoms with Gasteiger partial charge in [-0.1, -0.05) is 56.2 Å². The second-order valence-electron chi connectivity index (χ2n) is 9.09. The molecule has 0 aromatic heterocycles. The Balaban J connectivity index is 1.68. The zero-order valence-electron chi connectivity index (χ0n) is 20.6. The van der Waals surface area contributed by atoms with Gasteiger partial charge in [-0.2, -0.15) is 0 Å². The molecular weight excluding hydrogens is 464 g/mol. The topological polar surface area (TPSA) is 93.7 Å². The average Bonchev–Trinajstić information content (AvgIpc) is 2.85. The minimum Gasteiger partial charge on any atom is -0.491 e. The summed E-state index contributed by atoms with van der Waals surface area (Å²) in [4.78, 5) is 12.3. The maximum Gasteiger partial charge on any atom is 0.311 e. The molecule has 2 aromatic carbocycles. The number of benzene rings is 2. The number of rotatable bonds is 14. The Bertz CT molecular complexity index is 1020. The molecule has 1 aliphatic rings. The van der Waals surface area contributed by atoms with E-state index < -0.39 is 16.0 Å². The van der Waals surface area contributed by atoms with Crippen LogP contribution >= 0.6 is 0 Å². The van der Waals surface area contributed by atoms with Crippen molar-refractivity contribution in [3.8, 4) is 11.5 Å². The van der Waals surface area contributed by atoms with Gasteiger partial charge in [0.05, 0.1) is 12.4 Å². The predicted octanol–water partition coefficient (Wildman–Crippen LogP) is 5.27. The van der Waals surface area contributed by atoms with Crippen molar-refractivity contribution in [3.63, 3.8) is 0 Å². The molecule has 1 heterocycles. The third-order valence-corrected chi connectivity index (χ3v) is 7.35. The van der Waals surface area contributed by atoms with Gasteiger partial charge < -0.3 is 14.8 Å². The van der Waals surface area contributed by atoms with Gasteiger partial charge in [0, 0.05) is 6.42 Å². The molecule has 35 heavy (non-hydrogen) atoms. The quantitative estimate of drug-likeness (QED) is 0.208. The molecule has 0 atom stereocenters. The summed E-state index contributed by atoms with van der Waals surface area (Å²) in [5, 5.41) is 3.39. The first kappa shape index (κ1) is 27.0. The summed E-state index contributed by atoms with van der Waals surface area (Å²) in [6, 6.07) is 14.0. The van der Waals surface area contributed by atoms with Crippen LogP contribution in [0.1, 0.15) is 63.9 Å². The van der Waals surface area contributed by atoms with Gasteiger partial charge in [-0.25, -0.2) is 8.42 Å². The van der Waals surface area contributed by atoms with Gasteiger partial charge in [0.2, 0.25) is 10.0 Å². The van der Waals surface area contributed by atoms with Crippen molar-refractivity contribution in [3.05, 3.63) is 54.1 Å². The summed E-state index contributed by atoms with van der Waals surface area (Å²) in [7, 11) is -3.76. The molecule has 3 rings (SSSR count). The lowest BCUT2D eigenvalue weighted by Gasteiger charge is -2.22. The average molecular weight is 503 g/mol. The summed E-state index contributed by atoms with van der Waals surface area (Å²) < 4.78 is 40.1. The first-order valence-corrected chi connectivity index (χ1v) is 14.3. The Hall–Kier alpha value is -2.58. The van der Waals surface area contributed by atoms with Crippen LogP contribution in [0.15, 0.2) is 48.5 Å². The molecule has 2 N–H and O–H groups in total. The lowest BCUT2D eigenvalue weighted by Crippen LogP contribution is -2.27. The number of sulfonamides is 1. The number of carbonyl (C=O) groups is 1. The Labute approximate surface area is 209 Å². The Morgan fingerprint density at radius 3 is 2.49 bits per heavy atom. The number of esters is 1. The molecule has 7 nitrogen and oxygen atoms in total. The van der Waals surface area contributed by atoms with Crippen molar-refractivity contribution in [2.24, 2.45) is 5.92 Å². The SMILES string of the molecule is CCCCC(=O)Oc1cccc(OCCCCC2CCNCC2)c1NS(=O)(=O)Cc1ccccc1. The zero-order chi connectivity index (χ0) is 24.9. The number of ether oxygens (including phenoxy) is 2. The molecule has 1 aliphatic heterocycles. The molecule has 0 radical (unpaired) electrons. The number of hydrogen-bond donors (Lipinski definition) is 2. The highest BCUT2D eigenvalue weighted by Gasteiger charge is 2.21. The minimum atomic E-state index is -3.76. The van der Waals surface area contributed by atoms with E-state index in [-0.39, 0.29) is 23.6 Å². The van der Waals surface area contributed by atoms with Gasteiger partial charge in [-0.05, 0) is 68.8 Å². The van der Waals surface area contributed by atoms with Crippen LogP contribution in [0, 0.1) is 5.92 Å². The Morgan fingerprint density at radius 2 is 1.74 bits per heavy atom. The van der Waals surface area contributed by atoms with E-state index >= 15 is 0 Å². The molecule has 8 heteroatoms. The standard InChI is InChI=1S/C27H38N2O5S/c1-2-3-15-26(30)34-25-14-9-13-24(33-20-8-7-10-22-16-18-28-19-17-22)27(25)29-35(31,32)21-23-11-5-4-6-12-23/h4-6,9,11-14,22,28-29H,2-3,7-8,10,15-21H2,1H3. The van der Waals surface area contributed by atoms with E-state index in [0.29, 0.717) is 24.3 Å². The zero-order valence-corrected chi connectivity index (χ0v) is 21.4. The molecule has 0 unspecified atom stereocenters. The molecule has 2 aromatic rings. The molecule has 0 amide bonds. The van der Waals surface area contributed by atoms with E-state index in [9.17, 15) is 13.2 Å². The summed E-state index contributed by atoms with van der Waals surface area (Å²) in [6.45, 7) is 4.65. The van der Waals surface area contributed by atoms with E-state index in [1.165, 1.54) is 19.3 Å². The van der Waals surface area contributed by atoms with Crippen LogP contribution in [0.3, 0.4) is 0 Å². The summed E-state index contributed by atoms with van der Waals surface area (Å²) >= 11 is 0. The Kier molecular flexibility index (Phi) is 10.9. The number of hydrogen-bond acceptors (Lipinski definition) is 6. The smallest absolute Gasteiger partial charge is 0.311 e. The van der Waals surface area contributed by atoms with Gasteiger partial charge in [0.15, 0.2) is 5.75 Å². The number of unbranched alkanes of at least 4 members (excludes halogenated alkanes) is 2. The minimum absolute atomic E-state index is 0.162. The van der Waals surface area contributed by atoms with Crippen LogP contribution in [0.2, 0.25) is 0 Å².